The van der Waals surface area contributed by atoms with Crippen molar-refractivity contribution < 1.29 is 4.79 Å². The van der Waals surface area contributed by atoms with Crippen molar-refractivity contribution in [2.24, 2.45) is 5.92 Å². The highest BCUT2D eigenvalue weighted by Crippen LogP contribution is 2.30. The van der Waals surface area contributed by atoms with Crippen LogP contribution < -0.4 is 5.32 Å². The summed E-state index contributed by atoms with van der Waals surface area (Å²) in [5.74, 6) is 1.93. The van der Waals surface area contributed by atoms with Gasteiger partial charge in [-0.15, -0.1) is 0 Å². The van der Waals surface area contributed by atoms with Crippen LogP contribution in [0.4, 0.5) is 11.8 Å². The third-order valence-electron chi connectivity index (χ3n) is 4.27. The van der Waals surface area contributed by atoms with E-state index in [-0.39, 0.29) is 11.8 Å². The molecule has 0 saturated carbocycles. The summed E-state index contributed by atoms with van der Waals surface area (Å²) in [4.78, 5) is 31.7. The summed E-state index contributed by atoms with van der Waals surface area (Å²) in [5.41, 5.74) is 0.872. The van der Waals surface area contributed by atoms with Crippen LogP contribution in [0.1, 0.15) is 44.7 Å². The molecule has 0 bridgehead atoms. The summed E-state index contributed by atoms with van der Waals surface area (Å²) in [6.07, 6.45) is 9.27. The lowest BCUT2D eigenvalue weighted by atomic mass is 9.93. The Morgan fingerprint density at radius 1 is 1.20 bits per heavy atom. The first-order chi connectivity index (χ1) is 12.1. The molecule has 3 heterocycles. The Hall–Kier alpha value is -2.57. The van der Waals surface area contributed by atoms with E-state index in [1.54, 1.807) is 30.9 Å². The van der Waals surface area contributed by atoms with Crippen LogP contribution >= 0.6 is 0 Å². The average molecular weight is 340 g/mol. The van der Waals surface area contributed by atoms with Crippen LogP contribution in [0.5, 0.6) is 0 Å². The summed E-state index contributed by atoms with van der Waals surface area (Å²) >= 11 is 0. The van der Waals surface area contributed by atoms with Crippen LogP contribution in [-0.4, -0.2) is 43.8 Å². The van der Waals surface area contributed by atoms with E-state index >= 15 is 0 Å². The second-order valence-electron chi connectivity index (χ2n) is 6.76. The zero-order valence-corrected chi connectivity index (χ0v) is 14.7. The molecule has 2 aromatic rings. The van der Waals surface area contributed by atoms with Gasteiger partial charge in [-0.1, -0.05) is 13.8 Å². The Labute approximate surface area is 147 Å². The van der Waals surface area contributed by atoms with Gasteiger partial charge in [-0.05, 0) is 24.8 Å². The zero-order valence-electron chi connectivity index (χ0n) is 14.7. The summed E-state index contributed by atoms with van der Waals surface area (Å²) < 4.78 is 0. The first-order valence-corrected chi connectivity index (χ1v) is 8.76. The lowest BCUT2D eigenvalue weighted by Crippen LogP contribution is -2.39. The standard InChI is InChI=1S/C18H24N6O/c1-13(2)11-15(25)24-10-3-5-14(12-24)16-17(20-9-8-19-16)23-18-21-6-4-7-22-18/h4,6-9,13-14H,3,5,10-12H2,1-2H3,(H,20,21,22,23)/t14-/m1/s1. The number of amides is 1. The van der Waals surface area contributed by atoms with Crippen molar-refractivity contribution in [1.29, 1.82) is 0 Å². The molecule has 1 atom stereocenters. The lowest BCUT2D eigenvalue weighted by molar-refractivity contribution is -0.133. The Kier molecular flexibility index (Phi) is 5.53. The Morgan fingerprint density at radius 3 is 2.72 bits per heavy atom. The maximum atomic E-state index is 12.4. The first-order valence-electron chi connectivity index (χ1n) is 8.76. The third-order valence-corrected chi connectivity index (χ3v) is 4.27. The van der Waals surface area contributed by atoms with Crippen LogP contribution in [0.3, 0.4) is 0 Å². The van der Waals surface area contributed by atoms with E-state index < -0.39 is 0 Å². The van der Waals surface area contributed by atoms with Crippen LogP contribution in [0.15, 0.2) is 30.9 Å². The van der Waals surface area contributed by atoms with Gasteiger partial charge in [-0.25, -0.2) is 15.0 Å². The molecule has 1 fully saturated rings. The number of likely N-dealkylation sites (tertiary alicyclic amines) is 1. The summed E-state index contributed by atoms with van der Waals surface area (Å²) in [6, 6.07) is 1.77. The third kappa shape index (κ3) is 4.49. The average Bonchev–Trinajstić information content (AvgIpc) is 2.63. The molecule has 1 N–H and O–H groups in total. The molecule has 0 aliphatic carbocycles. The fourth-order valence-corrected chi connectivity index (χ4v) is 3.12. The zero-order chi connectivity index (χ0) is 17.6. The summed E-state index contributed by atoms with van der Waals surface area (Å²) in [5, 5.41) is 3.15. The number of hydrogen-bond acceptors (Lipinski definition) is 6. The molecule has 0 unspecified atom stereocenters. The van der Waals surface area contributed by atoms with Gasteiger partial charge in [0.05, 0.1) is 5.69 Å². The largest absolute Gasteiger partial charge is 0.342 e. The highest BCUT2D eigenvalue weighted by Gasteiger charge is 2.28. The lowest BCUT2D eigenvalue weighted by Gasteiger charge is -2.33. The number of anilines is 2. The van der Waals surface area contributed by atoms with Crippen molar-refractivity contribution in [2.45, 2.75) is 39.0 Å². The molecular formula is C18H24N6O. The molecule has 1 amide bonds. The SMILES string of the molecule is CC(C)CC(=O)N1CCC[C@@H](c2nccnc2Nc2ncccn2)C1. The Balaban J connectivity index is 1.76. The maximum absolute atomic E-state index is 12.4. The molecule has 0 aromatic carbocycles. The van der Waals surface area contributed by atoms with E-state index in [2.05, 4.69) is 39.1 Å². The van der Waals surface area contributed by atoms with Crippen molar-refractivity contribution in [3.05, 3.63) is 36.5 Å². The molecule has 0 radical (unpaired) electrons. The monoisotopic (exact) mass is 340 g/mol. The molecule has 132 valence electrons. The normalized spacial score (nSPS) is 17.6. The molecule has 25 heavy (non-hydrogen) atoms. The minimum Gasteiger partial charge on any atom is -0.342 e. The van der Waals surface area contributed by atoms with E-state index in [0.717, 1.165) is 25.1 Å². The number of aromatic nitrogens is 4. The molecule has 0 spiro atoms. The van der Waals surface area contributed by atoms with E-state index in [1.165, 1.54) is 0 Å². The van der Waals surface area contributed by atoms with Gasteiger partial charge in [-0.3, -0.25) is 9.78 Å². The van der Waals surface area contributed by atoms with E-state index in [4.69, 9.17) is 0 Å². The Morgan fingerprint density at radius 2 is 1.96 bits per heavy atom. The van der Waals surface area contributed by atoms with Gasteiger partial charge < -0.3 is 10.2 Å². The predicted octanol–water partition coefficient (Wildman–Crippen LogP) is 2.76. The number of nitrogens with one attached hydrogen (secondary N) is 1. The van der Waals surface area contributed by atoms with Crippen molar-refractivity contribution in [2.75, 3.05) is 18.4 Å². The van der Waals surface area contributed by atoms with E-state index in [9.17, 15) is 4.79 Å². The summed E-state index contributed by atoms with van der Waals surface area (Å²) in [7, 11) is 0. The van der Waals surface area contributed by atoms with Gasteiger partial charge in [0.25, 0.3) is 0 Å². The smallest absolute Gasteiger partial charge is 0.228 e. The summed E-state index contributed by atoms with van der Waals surface area (Å²) in [6.45, 7) is 5.66. The van der Waals surface area contributed by atoms with Gasteiger partial charge >= 0.3 is 0 Å². The molecule has 3 rings (SSSR count). The highest BCUT2D eigenvalue weighted by atomic mass is 16.2. The minimum absolute atomic E-state index is 0.171. The van der Waals surface area contributed by atoms with Gasteiger partial charge in [0.15, 0.2) is 5.82 Å². The van der Waals surface area contributed by atoms with Crippen molar-refractivity contribution >= 4 is 17.7 Å². The topological polar surface area (TPSA) is 83.9 Å². The second-order valence-corrected chi connectivity index (χ2v) is 6.76. The number of nitrogens with zero attached hydrogens (tertiary/aromatic N) is 5. The number of hydrogen-bond donors (Lipinski definition) is 1. The second kappa shape index (κ2) is 8.00. The van der Waals surface area contributed by atoms with Crippen LogP contribution in [0, 0.1) is 5.92 Å². The van der Waals surface area contributed by atoms with Crippen LogP contribution in [0.25, 0.3) is 0 Å². The fourth-order valence-electron chi connectivity index (χ4n) is 3.12. The minimum atomic E-state index is 0.171. The first kappa shape index (κ1) is 17.3. The van der Waals surface area contributed by atoms with Crippen molar-refractivity contribution in [1.82, 2.24) is 24.8 Å². The van der Waals surface area contributed by atoms with Crippen LogP contribution in [0.2, 0.25) is 0 Å². The predicted molar refractivity (Wildman–Crippen MR) is 95.4 cm³/mol. The molecule has 1 aliphatic heterocycles. The number of piperidine rings is 1. The molecule has 1 aliphatic rings. The van der Waals surface area contributed by atoms with Gasteiger partial charge in [-0.2, -0.15) is 0 Å². The molecular weight excluding hydrogens is 316 g/mol. The van der Waals surface area contributed by atoms with Gasteiger partial charge in [0, 0.05) is 50.2 Å². The highest BCUT2D eigenvalue weighted by molar-refractivity contribution is 5.76. The van der Waals surface area contributed by atoms with Gasteiger partial charge in [0.2, 0.25) is 11.9 Å². The van der Waals surface area contributed by atoms with E-state index in [1.807, 2.05) is 4.90 Å². The number of carbonyl (C=O) groups is 1. The molecule has 1 saturated heterocycles. The quantitative estimate of drug-likeness (QED) is 0.901. The number of rotatable bonds is 5. The fraction of sp³-hybridized carbons (Fsp3) is 0.500. The van der Waals surface area contributed by atoms with E-state index in [0.29, 0.717) is 30.6 Å². The molecule has 7 nitrogen and oxygen atoms in total. The molecule has 2 aromatic heterocycles. The van der Waals surface area contributed by atoms with Gasteiger partial charge in [0.1, 0.15) is 0 Å². The maximum Gasteiger partial charge on any atom is 0.228 e. The number of carbonyl (C=O) groups excluding carboxylic acids is 1. The Bertz CT molecular complexity index is 706. The van der Waals surface area contributed by atoms with Crippen molar-refractivity contribution in [3.8, 4) is 0 Å². The van der Waals surface area contributed by atoms with Crippen LogP contribution in [-0.2, 0) is 4.79 Å². The molecule has 7 heteroatoms. The van der Waals surface area contributed by atoms with Crippen molar-refractivity contribution in [3.63, 3.8) is 0 Å².